The van der Waals surface area contributed by atoms with E-state index in [-0.39, 0.29) is 0 Å². The Hall–Kier alpha value is -0.730. The van der Waals surface area contributed by atoms with Crippen LogP contribution >= 0.6 is 11.6 Å². The molecule has 0 amide bonds. The number of rotatable bonds is 6. The maximum absolute atomic E-state index is 10.4. The Balaban J connectivity index is 2.80. The molecule has 0 bridgehead atoms. The quantitative estimate of drug-likeness (QED) is 0.804. The van der Waals surface area contributed by atoms with E-state index in [4.69, 9.17) is 16.0 Å². The van der Waals surface area contributed by atoms with Gasteiger partial charge >= 0.3 is 0 Å². The second-order valence-electron chi connectivity index (χ2n) is 3.81. The van der Waals surface area contributed by atoms with Crippen molar-refractivity contribution >= 4 is 11.6 Å². The SMILES string of the molecule is C=C(Cl)CC(O)(CCCC)c1ccco1. The molecule has 1 N–H and O–H groups in total. The molecule has 0 radical (unpaired) electrons. The van der Waals surface area contributed by atoms with Crippen molar-refractivity contribution in [1.29, 1.82) is 0 Å². The lowest BCUT2D eigenvalue weighted by atomic mass is 9.90. The summed E-state index contributed by atoms with van der Waals surface area (Å²) in [6, 6.07) is 3.54. The second kappa shape index (κ2) is 5.38. The molecule has 15 heavy (non-hydrogen) atoms. The van der Waals surface area contributed by atoms with Crippen LogP contribution in [0.4, 0.5) is 0 Å². The third kappa shape index (κ3) is 3.40. The van der Waals surface area contributed by atoms with E-state index in [9.17, 15) is 5.11 Å². The minimum Gasteiger partial charge on any atom is -0.466 e. The summed E-state index contributed by atoms with van der Waals surface area (Å²) in [6.07, 6.45) is 4.49. The van der Waals surface area contributed by atoms with E-state index >= 15 is 0 Å². The molecule has 0 fully saturated rings. The second-order valence-corrected chi connectivity index (χ2v) is 4.34. The maximum atomic E-state index is 10.4. The monoisotopic (exact) mass is 228 g/mol. The highest BCUT2D eigenvalue weighted by atomic mass is 35.5. The summed E-state index contributed by atoms with van der Waals surface area (Å²) >= 11 is 5.76. The van der Waals surface area contributed by atoms with Gasteiger partial charge in [-0.2, -0.15) is 0 Å². The van der Waals surface area contributed by atoms with Crippen LogP contribution < -0.4 is 0 Å². The number of unbranched alkanes of at least 4 members (excludes halogenated alkanes) is 1. The van der Waals surface area contributed by atoms with Gasteiger partial charge in [-0.1, -0.05) is 37.9 Å². The first-order valence-corrected chi connectivity index (χ1v) is 5.56. The zero-order chi connectivity index (χ0) is 11.3. The van der Waals surface area contributed by atoms with Gasteiger partial charge in [0.1, 0.15) is 11.4 Å². The van der Waals surface area contributed by atoms with E-state index in [1.165, 1.54) is 0 Å². The topological polar surface area (TPSA) is 33.4 Å². The Bertz CT molecular complexity index is 305. The van der Waals surface area contributed by atoms with Crippen molar-refractivity contribution in [1.82, 2.24) is 0 Å². The fourth-order valence-corrected chi connectivity index (χ4v) is 1.85. The highest BCUT2D eigenvalue weighted by Crippen LogP contribution is 2.34. The molecule has 1 aromatic heterocycles. The van der Waals surface area contributed by atoms with Crippen molar-refractivity contribution in [2.24, 2.45) is 0 Å². The summed E-state index contributed by atoms with van der Waals surface area (Å²) in [7, 11) is 0. The van der Waals surface area contributed by atoms with Gasteiger partial charge in [0, 0.05) is 11.5 Å². The van der Waals surface area contributed by atoms with Crippen molar-refractivity contribution in [2.75, 3.05) is 0 Å². The van der Waals surface area contributed by atoms with Crippen LogP contribution in [-0.2, 0) is 5.60 Å². The summed E-state index contributed by atoms with van der Waals surface area (Å²) in [4.78, 5) is 0. The Morgan fingerprint density at radius 2 is 2.40 bits per heavy atom. The average Bonchev–Trinajstić information content (AvgIpc) is 2.66. The van der Waals surface area contributed by atoms with Gasteiger partial charge in [0.05, 0.1) is 6.26 Å². The smallest absolute Gasteiger partial charge is 0.135 e. The van der Waals surface area contributed by atoms with Gasteiger partial charge in [-0.15, -0.1) is 0 Å². The molecular weight excluding hydrogens is 212 g/mol. The summed E-state index contributed by atoms with van der Waals surface area (Å²) in [5, 5.41) is 10.9. The average molecular weight is 229 g/mol. The fourth-order valence-electron chi connectivity index (χ4n) is 1.63. The Morgan fingerprint density at radius 3 is 2.87 bits per heavy atom. The Kier molecular flexibility index (Phi) is 4.43. The molecule has 0 saturated carbocycles. The Labute approximate surface area is 95.6 Å². The third-order valence-electron chi connectivity index (χ3n) is 2.41. The number of hydrogen-bond donors (Lipinski definition) is 1. The summed E-state index contributed by atoms with van der Waals surface area (Å²) < 4.78 is 5.25. The molecule has 1 heterocycles. The van der Waals surface area contributed by atoms with Crippen LogP contribution in [0.25, 0.3) is 0 Å². The van der Waals surface area contributed by atoms with Crippen LogP contribution in [-0.4, -0.2) is 5.11 Å². The van der Waals surface area contributed by atoms with Crippen LogP contribution in [0.1, 0.15) is 38.4 Å². The number of hydrogen-bond acceptors (Lipinski definition) is 2. The molecule has 1 rings (SSSR count). The maximum Gasteiger partial charge on any atom is 0.135 e. The molecule has 0 spiro atoms. The van der Waals surface area contributed by atoms with Crippen molar-refractivity contribution in [3.63, 3.8) is 0 Å². The molecule has 1 unspecified atom stereocenters. The van der Waals surface area contributed by atoms with Crippen molar-refractivity contribution in [2.45, 2.75) is 38.2 Å². The largest absolute Gasteiger partial charge is 0.466 e. The number of aliphatic hydroxyl groups is 1. The van der Waals surface area contributed by atoms with Crippen LogP contribution in [0.15, 0.2) is 34.4 Å². The summed E-state index contributed by atoms with van der Waals surface area (Å²) in [5.41, 5.74) is -1.00. The van der Waals surface area contributed by atoms with Gasteiger partial charge in [0.15, 0.2) is 0 Å². The van der Waals surface area contributed by atoms with E-state index in [1.54, 1.807) is 18.4 Å². The summed E-state index contributed by atoms with van der Waals surface area (Å²) in [6.45, 7) is 5.70. The van der Waals surface area contributed by atoms with E-state index in [1.807, 2.05) is 0 Å². The van der Waals surface area contributed by atoms with Crippen molar-refractivity contribution in [3.05, 3.63) is 35.8 Å². The van der Waals surface area contributed by atoms with Crippen LogP contribution in [0, 0.1) is 0 Å². The van der Waals surface area contributed by atoms with E-state index in [0.717, 1.165) is 12.8 Å². The number of furan rings is 1. The van der Waals surface area contributed by atoms with Crippen LogP contribution in [0.2, 0.25) is 0 Å². The third-order valence-corrected chi connectivity index (χ3v) is 2.54. The predicted octanol–water partition coefficient (Wildman–Crippen LogP) is 3.80. The van der Waals surface area contributed by atoms with E-state index in [2.05, 4.69) is 13.5 Å². The molecule has 0 aromatic carbocycles. The highest BCUT2D eigenvalue weighted by Gasteiger charge is 2.31. The first-order chi connectivity index (χ1) is 7.08. The van der Waals surface area contributed by atoms with Crippen molar-refractivity contribution in [3.8, 4) is 0 Å². The van der Waals surface area contributed by atoms with Gasteiger partial charge in [-0.05, 0) is 18.6 Å². The zero-order valence-corrected chi connectivity index (χ0v) is 9.76. The zero-order valence-electron chi connectivity index (χ0n) is 9.00. The lowest BCUT2D eigenvalue weighted by Crippen LogP contribution is -2.25. The van der Waals surface area contributed by atoms with Gasteiger partial charge in [-0.25, -0.2) is 0 Å². The minimum atomic E-state index is -1.00. The predicted molar refractivity (Wildman–Crippen MR) is 61.7 cm³/mol. The molecule has 0 aliphatic rings. The first-order valence-electron chi connectivity index (χ1n) is 5.18. The minimum absolute atomic E-state index is 0.335. The molecule has 1 aromatic rings. The molecule has 0 aliphatic carbocycles. The van der Waals surface area contributed by atoms with Gasteiger partial charge in [0.2, 0.25) is 0 Å². The van der Waals surface area contributed by atoms with E-state index < -0.39 is 5.60 Å². The van der Waals surface area contributed by atoms with Crippen LogP contribution in [0.3, 0.4) is 0 Å². The van der Waals surface area contributed by atoms with Gasteiger partial charge < -0.3 is 9.52 Å². The Morgan fingerprint density at radius 1 is 1.67 bits per heavy atom. The molecule has 0 saturated heterocycles. The fraction of sp³-hybridized carbons (Fsp3) is 0.500. The summed E-state index contributed by atoms with van der Waals surface area (Å²) in [5.74, 6) is 0.567. The standard InChI is InChI=1S/C12H17ClO2/c1-3-4-7-12(14,9-10(2)13)11-6-5-8-15-11/h5-6,8,14H,2-4,7,9H2,1H3. The lowest BCUT2D eigenvalue weighted by Gasteiger charge is -2.25. The number of halogens is 1. The highest BCUT2D eigenvalue weighted by molar-refractivity contribution is 6.29. The normalized spacial score (nSPS) is 14.9. The molecule has 1 atom stereocenters. The molecule has 3 heteroatoms. The lowest BCUT2D eigenvalue weighted by molar-refractivity contribution is 0.00595. The van der Waals surface area contributed by atoms with Gasteiger partial charge in [-0.3, -0.25) is 0 Å². The van der Waals surface area contributed by atoms with Crippen LogP contribution in [0.5, 0.6) is 0 Å². The van der Waals surface area contributed by atoms with Crippen molar-refractivity contribution < 1.29 is 9.52 Å². The molecule has 0 aliphatic heterocycles. The first kappa shape index (κ1) is 12.3. The molecular formula is C12H17ClO2. The van der Waals surface area contributed by atoms with Gasteiger partial charge in [0.25, 0.3) is 0 Å². The van der Waals surface area contributed by atoms with E-state index in [0.29, 0.717) is 23.6 Å². The molecule has 2 nitrogen and oxygen atoms in total. The molecule has 84 valence electrons.